The first-order chi connectivity index (χ1) is 14.0. The predicted octanol–water partition coefficient (Wildman–Crippen LogP) is 2.16. The van der Waals surface area contributed by atoms with Crippen LogP contribution in [0.15, 0.2) is 45.3 Å². The summed E-state index contributed by atoms with van der Waals surface area (Å²) in [5.41, 5.74) is 7.37. The summed E-state index contributed by atoms with van der Waals surface area (Å²) in [6.07, 6.45) is 1.79. The van der Waals surface area contributed by atoms with E-state index in [0.717, 1.165) is 25.9 Å². The van der Waals surface area contributed by atoms with Crippen molar-refractivity contribution >= 4 is 5.57 Å². The summed E-state index contributed by atoms with van der Waals surface area (Å²) in [4.78, 5) is 23.9. The molecule has 0 unspecified atom stereocenters. The Kier molecular flexibility index (Phi) is 5.22. The maximum Gasteiger partial charge on any atom is 0.263 e. The minimum absolute atomic E-state index is 0.0638. The lowest BCUT2D eigenvalue weighted by Gasteiger charge is -2.22. The number of nitrogens with one attached hydrogen (secondary N) is 2. The van der Waals surface area contributed by atoms with Crippen LogP contribution in [0.1, 0.15) is 43.1 Å². The molecule has 1 aromatic carbocycles. The lowest BCUT2D eigenvalue weighted by molar-refractivity contribution is 0.407. The molecule has 0 aliphatic carbocycles. The number of aromatic amines is 1. The van der Waals surface area contributed by atoms with Gasteiger partial charge in [-0.3, -0.25) is 4.79 Å². The van der Waals surface area contributed by atoms with Crippen LogP contribution in [0.4, 0.5) is 4.39 Å². The number of nitrogens with two attached hydrogens (primary N) is 1. The van der Waals surface area contributed by atoms with Gasteiger partial charge in [0.25, 0.3) is 11.4 Å². The van der Waals surface area contributed by atoms with Gasteiger partial charge in [0.05, 0.1) is 11.3 Å². The van der Waals surface area contributed by atoms with Gasteiger partial charge in [-0.05, 0) is 45.0 Å². The van der Waals surface area contributed by atoms with Crippen molar-refractivity contribution in [3.05, 3.63) is 69.6 Å². The fourth-order valence-electron chi connectivity index (χ4n) is 3.46. The monoisotopic (exact) mass is 396 g/mol. The van der Waals surface area contributed by atoms with Gasteiger partial charge in [0.15, 0.2) is 0 Å². The number of piperidine rings is 1. The highest BCUT2D eigenvalue weighted by molar-refractivity contribution is 5.74. The third-order valence-corrected chi connectivity index (χ3v) is 4.90. The number of rotatable bonds is 4. The molecule has 8 nitrogen and oxygen atoms in total. The first-order valence-electron chi connectivity index (χ1n) is 9.40. The third kappa shape index (κ3) is 3.95. The van der Waals surface area contributed by atoms with Crippen LogP contribution >= 0.6 is 0 Å². The van der Waals surface area contributed by atoms with Gasteiger partial charge in [-0.2, -0.15) is 4.98 Å². The average Bonchev–Trinajstić information content (AvgIpc) is 3.17. The average molecular weight is 396 g/mol. The zero-order valence-electron chi connectivity index (χ0n) is 15.9. The van der Waals surface area contributed by atoms with Crippen LogP contribution in [0.2, 0.25) is 0 Å². The van der Waals surface area contributed by atoms with Crippen molar-refractivity contribution < 1.29 is 8.91 Å². The fraction of sp³-hybridized carbons (Fsp3) is 0.300. The summed E-state index contributed by atoms with van der Waals surface area (Å²) in [7, 11) is 0. The molecule has 3 heterocycles. The highest BCUT2D eigenvalue weighted by atomic mass is 19.1. The number of benzene rings is 1. The van der Waals surface area contributed by atoms with Gasteiger partial charge in [0.2, 0.25) is 5.82 Å². The second-order valence-corrected chi connectivity index (χ2v) is 7.00. The molecule has 4 N–H and O–H groups in total. The van der Waals surface area contributed by atoms with Crippen LogP contribution in [0.25, 0.3) is 17.0 Å². The largest absolute Gasteiger partial charge is 0.402 e. The summed E-state index contributed by atoms with van der Waals surface area (Å²) >= 11 is 0. The minimum atomic E-state index is -0.464. The van der Waals surface area contributed by atoms with E-state index in [-0.39, 0.29) is 34.6 Å². The fourth-order valence-corrected chi connectivity index (χ4v) is 3.46. The Hall–Kier alpha value is -3.33. The zero-order chi connectivity index (χ0) is 20.4. The van der Waals surface area contributed by atoms with E-state index in [2.05, 4.69) is 25.4 Å². The van der Waals surface area contributed by atoms with Crippen LogP contribution in [0.3, 0.4) is 0 Å². The van der Waals surface area contributed by atoms with E-state index < -0.39 is 5.82 Å². The van der Waals surface area contributed by atoms with E-state index >= 15 is 0 Å². The van der Waals surface area contributed by atoms with Crippen molar-refractivity contribution in [1.29, 1.82) is 0 Å². The SMILES string of the molecule is CC(N)=C(c1nc(C2CCNCC2)cc(=O)[nH]1)c1nc(-c2ccccc2F)no1. The minimum Gasteiger partial charge on any atom is -0.402 e. The van der Waals surface area contributed by atoms with Crippen molar-refractivity contribution in [2.75, 3.05) is 13.1 Å². The Morgan fingerprint density at radius 1 is 1.24 bits per heavy atom. The standard InChI is InChI=1S/C20H21FN6O2/c1-11(22)17(20-26-18(27-29-20)13-4-2-3-5-14(13)21)19-24-15(10-16(28)25-19)12-6-8-23-9-7-12/h2-5,10,12,23H,6-9,22H2,1H3,(H,24,25,28). The van der Waals surface area contributed by atoms with Gasteiger partial charge in [0, 0.05) is 17.7 Å². The normalized spacial score (nSPS) is 15.9. The molecule has 0 amide bonds. The van der Waals surface area contributed by atoms with E-state index in [9.17, 15) is 9.18 Å². The van der Waals surface area contributed by atoms with Crippen LogP contribution in [-0.4, -0.2) is 33.2 Å². The Bertz CT molecular complexity index is 1110. The van der Waals surface area contributed by atoms with Gasteiger partial charge in [-0.1, -0.05) is 17.3 Å². The zero-order valence-corrected chi connectivity index (χ0v) is 15.9. The molecule has 1 aliphatic heterocycles. The molecule has 0 saturated carbocycles. The number of aromatic nitrogens is 4. The molecule has 0 radical (unpaired) electrons. The van der Waals surface area contributed by atoms with Crippen LogP contribution in [0, 0.1) is 5.82 Å². The van der Waals surface area contributed by atoms with Gasteiger partial charge < -0.3 is 20.6 Å². The Morgan fingerprint density at radius 2 is 2.00 bits per heavy atom. The van der Waals surface area contributed by atoms with Gasteiger partial charge in [-0.25, -0.2) is 9.37 Å². The molecule has 0 bridgehead atoms. The maximum atomic E-state index is 14.1. The maximum absolute atomic E-state index is 14.1. The van der Waals surface area contributed by atoms with Crippen molar-refractivity contribution in [2.24, 2.45) is 5.73 Å². The summed E-state index contributed by atoms with van der Waals surface area (Å²) in [6, 6.07) is 7.65. The first-order valence-corrected chi connectivity index (χ1v) is 9.40. The Labute approximate surface area is 166 Å². The van der Waals surface area contributed by atoms with Crippen molar-refractivity contribution in [3.8, 4) is 11.4 Å². The predicted molar refractivity (Wildman–Crippen MR) is 105 cm³/mol. The number of nitrogens with zero attached hydrogens (tertiary/aromatic N) is 3. The number of hydrogen-bond donors (Lipinski definition) is 3. The molecule has 9 heteroatoms. The van der Waals surface area contributed by atoms with Gasteiger partial charge in [-0.15, -0.1) is 0 Å². The number of H-pyrrole nitrogens is 1. The van der Waals surface area contributed by atoms with Crippen LogP contribution in [-0.2, 0) is 0 Å². The molecule has 1 saturated heterocycles. The highest BCUT2D eigenvalue weighted by Gasteiger charge is 2.23. The molecule has 0 spiro atoms. The summed E-state index contributed by atoms with van der Waals surface area (Å²) in [6.45, 7) is 3.41. The molecule has 0 atom stereocenters. The Morgan fingerprint density at radius 3 is 2.72 bits per heavy atom. The van der Waals surface area contributed by atoms with Crippen molar-refractivity contribution in [2.45, 2.75) is 25.7 Å². The molecule has 1 fully saturated rings. The number of hydrogen-bond acceptors (Lipinski definition) is 7. The number of allylic oxidation sites excluding steroid dienone is 1. The molecule has 4 rings (SSSR count). The molecular formula is C20H21FN6O2. The quantitative estimate of drug-likeness (QED) is 0.617. The first kappa shape index (κ1) is 19.0. The topological polar surface area (TPSA) is 123 Å². The van der Waals surface area contributed by atoms with E-state index in [1.165, 1.54) is 12.1 Å². The van der Waals surface area contributed by atoms with Crippen LogP contribution < -0.4 is 16.6 Å². The summed E-state index contributed by atoms with van der Waals surface area (Å²) in [5.74, 6) is 0.139. The molecule has 150 valence electrons. The smallest absolute Gasteiger partial charge is 0.263 e. The summed E-state index contributed by atoms with van der Waals surface area (Å²) in [5, 5.41) is 7.16. The molecule has 2 aromatic heterocycles. The lowest BCUT2D eigenvalue weighted by Crippen LogP contribution is -2.28. The molecule has 29 heavy (non-hydrogen) atoms. The van der Waals surface area contributed by atoms with E-state index in [0.29, 0.717) is 17.0 Å². The van der Waals surface area contributed by atoms with E-state index in [1.54, 1.807) is 25.1 Å². The van der Waals surface area contributed by atoms with Gasteiger partial charge in [0.1, 0.15) is 17.2 Å². The second-order valence-electron chi connectivity index (χ2n) is 7.00. The van der Waals surface area contributed by atoms with Crippen LogP contribution in [0.5, 0.6) is 0 Å². The third-order valence-electron chi connectivity index (χ3n) is 4.90. The molecule has 1 aliphatic rings. The molecular weight excluding hydrogens is 375 g/mol. The van der Waals surface area contributed by atoms with Crippen molar-refractivity contribution in [1.82, 2.24) is 25.4 Å². The van der Waals surface area contributed by atoms with Crippen molar-refractivity contribution in [3.63, 3.8) is 0 Å². The Balaban J connectivity index is 1.75. The second kappa shape index (κ2) is 7.96. The highest BCUT2D eigenvalue weighted by Crippen LogP contribution is 2.27. The van der Waals surface area contributed by atoms with E-state index in [4.69, 9.17) is 10.3 Å². The summed E-state index contributed by atoms with van der Waals surface area (Å²) < 4.78 is 19.4. The number of halogens is 1. The van der Waals surface area contributed by atoms with Gasteiger partial charge >= 0.3 is 0 Å². The molecule has 3 aromatic rings. The lowest BCUT2D eigenvalue weighted by atomic mass is 9.94. The van der Waals surface area contributed by atoms with E-state index in [1.807, 2.05) is 0 Å².